The molecule has 0 aromatic carbocycles. The zero-order valence-electron chi connectivity index (χ0n) is 44.6. The Kier molecular flexibility index (Phi) is 50.5. The van der Waals surface area contributed by atoms with Crippen LogP contribution in [0.25, 0.3) is 0 Å². The molecule has 0 radical (unpaired) electrons. The lowest BCUT2D eigenvalue weighted by molar-refractivity contribution is -0.167. The van der Waals surface area contributed by atoms with Gasteiger partial charge in [0, 0.05) is 19.3 Å². The summed E-state index contributed by atoms with van der Waals surface area (Å²) in [7, 11) is 0. The molecule has 0 N–H and O–H groups in total. The van der Waals surface area contributed by atoms with Crippen molar-refractivity contribution in [1.29, 1.82) is 0 Å². The van der Waals surface area contributed by atoms with Crippen LogP contribution in [-0.2, 0) is 28.6 Å². The summed E-state index contributed by atoms with van der Waals surface area (Å²) in [4.78, 5) is 38.1. The minimum atomic E-state index is -0.762. The second kappa shape index (κ2) is 51.8. The lowest BCUT2D eigenvalue weighted by Gasteiger charge is -2.18. The van der Waals surface area contributed by atoms with Crippen molar-refractivity contribution in [1.82, 2.24) is 0 Å². The molecular weight excluding hydrogens is 805 g/mol. The SMILES string of the molecule is CCCCCCCCCCCCCCCC(=O)O[C@@H](COC(=O)CCCCCCCCCCCCCCCCCCCCC(C)CC)COC(=O)CCCCCCCCCCCC(C)C. The minimum absolute atomic E-state index is 0.0628. The number of hydrogen-bond donors (Lipinski definition) is 0. The van der Waals surface area contributed by atoms with Gasteiger partial charge < -0.3 is 14.2 Å². The van der Waals surface area contributed by atoms with Gasteiger partial charge in [0.25, 0.3) is 0 Å². The van der Waals surface area contributed by atoms with Crippen LogP contribution < -0.4 is 0 Å². The van der Waals surface area contributed by atoms with Crippen LogP contribution in [0.4, 0.5) is 0 Å². The summed E-state index contributed by atoms with van der Waals surface area (Å²) in [5.41, 5.74) is 0. The molecule has 0 saturated carbocycles. The van der Waals surface area contributed by atoms with Gasteiger partial charge in [0.05, 0.1) is 0 Å². The molecule has 0 heterocycles. The molecule has 0 aromatic rings. The maximum atomic E-state index is 12.8. The van der Waals surface area contributed by atoms with E-state index in [1.54, 1.807) is 0 Å². The fourth-order valence-corrected chi connectivity index (χ4v) is 9.02. The average Bonchev–Trinajstić information content (AvgIpc) is 3.29. The third kappa shape index (κ3) is 51.6. The predicted molar refractivity (Wildman–Crippen MR) is 280 cm³/mol. The molecule has 2 atom stereocenters. The van der Waals surface area contributed by atoms with Gasteiger partial charge in [-0.1, -0.05) is 291 Å². The summed E-state index contributed by atoms with van der Waals surface area (Å²) in [6.45, 7) is 11.4. The van der Waals surface area contributed by atoms with E-state index in [9.17, 15) is 14.4 Å². The number of hydrogen-bond acceptors (Lipinski definition) is 6. The van der Waals surface area contributed by atoms with E-state index in [0.717, 1.165) is 69.6 Å². The molecule has 6 nitrogen and oxygen atoms in total. The smallest absolute Gasteiger partial charge is 0.306 e. The molecule has 65 heavy (non-hydrogen) atoms. The van der Waals surface area contributed by atoms with E-state index in [0.29, 0.717) is 19.3 Å². The lowest BCUT2D eigenvalue weighted by atomic mass is 9.99. The second-order valence-electron chi connectivity index (χ2n) is 21.0. The van der Waals surface area contributed by atoms with Gasteiger partial charge in [-0.3, -0.25) is 14.4 Å². The van der Waals surface area contributed by atoms with E-state index in [2.05, 4.69) is 34.6 Å². The van der Waals surface area contributed by atoms with Crippen molar-refractivity contribution in [3.05, 3.63) is 0 Å². The van der Waals surface area contributed by atoms with Gasteiger partial charge in [0.1, 0.15) is 13.2 Å². The Balaban J connectivity index is 4.21. The van der Waals surface area contributed by atoms with E-state index < -0.39 is 6.10 Å². The van der Waals surface area contributed by atoms with E-state index in [4.69, 9.17) is 14.2 Å². The van der Waals surface area contributed by atoms with E-state index in [1.165, 1.54) is 218 Å². The quantitative estimate of drug-likeness (QED) is 0.0344. The first-order chi connectivity index (χ1) is 31.8. The first kappa shape index (κ1) is 63.4. The number of ether oxygens (including phenoxy) is 3. The van der Waals surface area contributed by atoms with Crippen LogP contribution in [0.1, 0.15) is 330 Å². The summed E-state index contributed by atoms with van der Waals surface area (Å²) < 4.78 is 16.9. The van der Waals surface area contributed by atoms with Crippen molar-refractivity contribution in [3.63, 3.8) is 0 Å². The summed E-state index contributed by atoms with van der Waals surface area (Å²) in [6.07, 6.45) is 55.2. The van der Waals surface area contributed by atoms with Crippen molar-refractivity contribution < 1.29 is 28.6 Å². The molecule has 0 aliphatic rings. The highest BCUT2D eigenvalue weighted by molar-refractivity contribution is 5.71. The molecule has 0 aliphatic heterocycles. The molecule has 0 saturated heterocycles. The predicted octanol–water partition coefficient (Wildman–Crippen LogP) is 19.3. The topological polar surface area (TPSA) is 78.9 Å². The lowest BCUT2D eigenvalue weighted by Crippen LogP contribution is -2.30. The minimum Gasteiger partial charge on any atom is -0.462 e. The first-order valence-corrected chi connectivity index (χ1v) is 29.3. The molecule has 6 heteroatoms. The normalized spacial score (nSPS) is 12.5. The van der Waals surface area contributed by atoms with Crippen LogP contribution in [0.5, 0.6) is 0 Å². The second-order valence-corrected chi connectivity index (χ2v) is 21.0. The van der Waals surface area contributed by atoms with Crippen molar-refractivity contribution in [3.8, 4) is 0 Å². The fourth-order valence-electron chi connectivity index (χ4n) is 9.02. The van der Waals surface area contributed by atoms with E-state index in [1.807, 2.05) is 0 Å². The van der Waals surface area contributed by atoms with Crippen LogP contribution in [0, 0.1) is 11.8 Å². The molecule has 0 bridgehead atoms. The molecule has 0 aromatic heterocycles. The summed E-state index contributed by atoms with van der Waals surface area (Å²) in [5, 5.41) is 0. The number of rotatable bonds is 53. The van der Waals surface area contributed by atoms with Crippen LogP contribution in [0.2, 0.25) is 0 Å². The fraction of sp³-hybridized carbons (Fsp3) is 0.949. The Bertz CT molecular complexity index is 995. The summed E-state index contributed by atoms with van der Waals surface area (Å²) in [5.74, 6) is 0.878. The van der Waals surface area contributed by atoms with E-state index in [-0.39, 0.29) is 31.1 Å². The molecule has 0 fully saturated rings. The maximum absolute atomic E-state index is 12.8. The first-order valence-electron chi connectivity index (χ1n) is 29.3. The van der Waals surface area contributed by atoms with Gasteiger partial charge in [0.2, 0.25) is 0 Å². The standard InChI is InChI=1S/C59H114O6/c1-6-8-9-10-11-12-13-20-25-30-36-41-46-51-59(62)65-56(53-64-58(61)50-45-40-35-31-26-27-32-37-42-47-54(3)4)52-63-57(60)49-44-39-34-29-24-22-19-17-15-14-16-18-21-23-28-33-38-43-48-55(5)7-2/h54-56H,6-53H2,1-5H3/t55?,56-/m0/s1. The largest absolute Gasteiger partial charge is 0.462 e. The Morgan fingerprint density at radius 3 is 0.877 bits per heavy atom. The van der Waals surface area contributed by atoms with E-state index >= 15 is 0 Å². The number of esters is 3. The zero-order valence-corrected chi connectivity index (χ0v) is 44.6. The van der Waals surface area contributed by atoms with Crippen molar-refractivity contribution in [2.45, 2.75) is 336 Å². The maximum Gasteiger partial charge on any atom is 0.306 e. The monoisotopic (exact) mass is 919 g/mol. The molecule has 0 rings (SSSR count). The average molecular weight is 920 g/mol. The van der Waals surface area contributed by atoms with Gasteiger partial charge >= 0.3 is 17.9 Å². The highest BCUT2D eigenvalue weighted by Crippen LogP contribution is 2.19. The van der Waals surface area contributed by atoms with Crippen LogP contribution in [0.15, 0.2) is 0 Å². The zero-order chi connectivity index (χ0) is 47.5. The molecule has 1 unspecified atom stereocenters. The van der Waals surface area contributed by atoms with Crippen LogP contribution >= 0.6 is 0 Å². The Morgan fingerprint density at radius 1 is 0.323 bits per heavy atom. The number of carbonyl (C=O) groups is 3. The molecule has 0 aliphatic carbocycles. The molecular formula is C59H114O6. The molecule has 386 valence electrons. The number of carbonyl (C=O) groups excluding carboxylic acids is 3. The van der Waals surface area contributed by atoms with Crippen molar-refractivity contribution >= 4 is 17.9 Å². The Labute approximate surface area is 406 Å². The third-order valence-electron chi connectivity index (χ3n) is 13.8. The van der Waals surface area contributed by atoms with Crippen LogP contribution in [-0.4, -0.2) is 37.2 Å². The highest BCUT2D eigenvalue weighted by Gasteiger charge is 2.19. The van der Waals surface area contributed by atoms with Gasteiger partial charge in [-0.2, -0.15) is 0 Å². The molecule has 0 amide bonds. The van der Waals surface area contributed by atoms with Gasteiger partial charge in [0.15, 0.2) is 6.10 Å². The number of unbranched alkanes of at least 4 members (excludes halogenated alkanes) is 37. The highest BCUT2D eigenvalue weighted by atomic mass is 16.6. The molecule has 0 spiro atoms. The Morgan fingerprint density at radius 2 is 0.585 bits per heavy atom. The van der Waals surface area contributed by atoms with Crippen molar-refractivity contribution in [2.75, 3.05) is 13.2 Å². The summed E-state index contributed by atoms with van der Waals surface area (Å²) in [6, 6.07) is 0. The van der Waals surface area contributed by atoms with Crippen LogP contribution in [0.3, 0.4) is 0 Å². The van der Waals surface area contributed by atoms with Crippen molar-refractivity contribution in [2.24, 2.45) is 11.8 Å². The van der Waals surface area contributed by atoms with Gasteiger partial charge in [-0.25, -0.2) is 0 Å². The van der Waals surface area contributed by atoms with Gasteiger partial charge in [-0.15, -0.1) is 0 Å². The summed E-state index contributed by atoms with van der Waals surface area (Å²) >= 11 is 0. The van der Waals surface area contributed by atoms with Gasteiger partial charge in [-0.05, 0) is 31.1 Å². The third-order valence-corrected chi connectivity index (χ3v) is 13.8. The Hall–Kier alpha value is -1.59.